The van der Waals surface area contributed by atoms with Gasteiger partial charge in [-0.1, -0.05) is 11.8 Å². The van der Waals surface area contributed by atoms with Crippen molar-refractivity contribution in [1.82, 2.24) is 15.3 Å². The molecular formula is C13H21N3OS. The van der Waals surface area contributed by atoms with Gasteiger partial charge in [0.25, 0.3) is 0 Å². The Kier molecular flexibility index (Phi) is 5.41. The summed E-state index contributed by atoms with van der Waals surface area (Å²) in [5.41, 5.74) is 2.09. The van der Waals surface area contributed by atoms with Gasteiger partial charge >= 0.3 is 0 Å². The van der Waals surface area contributed by atoms with E-state index in [4.69, 9.17) is 4.74 Å². The molecule has 1 aromatic rings. The number of rotatable bonds is 6. The molecule has 0 bridgehead atoms. The van der Waals surface area contributed by atoms with Crippen LogP contribution >= 0.6 is 11.8 Å². The van der Waals surface area contributed by atoms with Crippen molar-refractivity contribution in [2.24, 2.45) is 5.92 Å². The number of nitrogens with one attached hydrogen (secondary N) is 1. The lowest BCUT2D eigenvalue weighted by atomic mass is 10.1. The number of thioether (sulfide) groups is 1. The van der Waals surface area contributed by atoms with Crippen molar-refractivity contribution in [3.8, 4) is 0 Å². The number of ether oxygens (including phenoxy) is 1. The van der Waals surface area contributed by atoms with Gasteiger partial charge in [-0.25, -0.2) is 9.97 Å². The molecule has 4 nitrogen and oxygen atoms in total. The van der Waals surface area contributed by atoms with Crippen LogP contribution in [-0.2, 0) is 4.74 Å². The van der Waals surface area contributed by atoms with Crippen LogP contribution in [0, 0.1) is 19.8 Å². The zero-order chi connectivity index (χ0) is 12.8. The predicted octanol–water partition coefficient (Wildman–Crippen LogP) is 1.81. The molecule has 1 N–H and O–H groups in total. The first-order chi connectivity index (χ1) is 8.74. The molecule has 1 atom stereocenters. The van der Waals surface area contributed by atoms with E-state index in [-0.39, 0.29) is 0 Å². The molecule has 0 aromatic carbocycles. The quantitative estimate of drug-likeness (QED) is 0.484. The highest BCUT2D eigenvalue weighted by molar-refractivity contribution is 7.99. The summed E-state index contributed by atoms with van der Waals surface area (Å²) in [4.78, 5) is 8.83. The Morgan fingerprint density at radius 3 is 2.83 bits per heavy atom. The zero-order valence-corrected chi connectivity index (χ0v) is 11.9. The number of aryl methyl sites for hydroxylation is 2. The van der Waals surface area contributed by atoms with Gasteiger partial charge in [-0.05, 0) is 32.3 Å². The zero-order valence-electron chi connectivity index (χ0n) is 11.1. The Hall–Kier alpha value is -0.650. The van der Waals surface area contributed by atoms with Gasteiger partial charge in [-0.15, -0.1) is 0 Å². The Labute approximate surface area is 113 Å². The number of aromatic nitrogens is 2. The second-order valence-electron chi connectivity index (χ2n) is 4.72. The molecule has 0 aliphatic carbocycles. The number of hydrogen-bond acceptors (Lipinski definition) is 5. The van der Waals surface area contributed by atoms with Gasteiger partial charge in [-0.3, -0.25) is 0 Å². The molecular weight excluding hydrogens is 246 g/mol. The molecule has 1 fully saturated rings. The molecule has 1 aliphatic heterocycles. The first-order valence-electron chi connectivity index (χ1n) is 6.47. The van der Waals surface area contributed by atoms with Gasteiger partial charge in [0.15, 0.2) is 5.16 Å². The first-order valence-corrected chi connectivity index (χ1v) is 7.46. The fourth-order valence-electron chi connectivity index (χ4n) is 2.02. The van der Waals surface area contributed by atoms with Crippen molar-refractivity contribution < 1.29 is 4.74 Å². The summed E-state index contributed by atoms with van der Waals surface area (Å²) in [7, 11) is 0. The van der Waals surface area contributed by atoms with Crippen LogP contribution in [0.15, 0.2) is 11.2 Å². The standard InChI is InChI=1S/C13H21N3OS/c1-10-7-11(2)16-13(15-10)18-6-4-14-8-12-3-5-17-9-12/h7,12,14H,3-6,8-9H2,1-2H3. The third-order valence-corrected chi connectivity index (χ3v) is 3.78. The topological polar surface area (TPSA) is 47.0 Å². The molecule has 100 valence electrons. The molecule has 1 aromatic heterocycles. The Morgan fingerprint density at radius 2 is 2.17 bits per heavy atom. The van der Waals surface area contributed by atoms with E-state index in [0.717, 1.165) is 48.6 Å². The van der Waals surface area contributed by atoms with Crippen LogP contribution in [0.4, 0.5) is 0 Å². The van der Waals surface area contributed by atoms with Crippen molar-refractivity contribution >= 4 is 11.8 Å². The van der Waals surface area contributed by atoms with E-state index < -0.39 is 0 Å². The first kappa shape index (κ1) is 13.8. The highest BCUT2D eigenvalue weighted by atomic mass is 32.2. The highest BCUT2D eigenvalue weighted by Gasteiger charge is 2.14. The third kappa shape index (κ3) is 4.55. The van der Waals surface area contributed by atoms with Crippen LogP contribution < -0.4 is 5.32 Å². The van der Waals surface area contributed by atoms with E-state index in [9.17, 15) is 0 Å². The predicted molar refractivity (Wildman–Crippen MR) is 74.0 cm³/mol. The molecule has 1 aliphatic rings. The Bertz CT molecular complexity index is 360. The molecule has 0 amide bonds. The van der Waals surface area contributed by atoms with Crippen molar-refractivity contribution in [3.63, 3.8) is 0 Å². The second-order valence-corrected chi connectivity index (χ2v) is 5.78. The Morgan fingerprint density at radius 1 is 1.39 bits per heavy atom. The maximum Gasteiger partial charge on any atom is 0.188 e. The van der Waals surface area contributed by atoms with Crippen LogP contribution in [0.3, 0.4) is 0 Å². The van der Waals surface area contributed by atoms with E-state index in [1.54, 1.807) is 11.8 Å². The largest absolute Gasteiger partial charge is 0.381 e. The molecule has 2 rings (SSSR count). The summed E-state index contributed by atoms with van der Waals surface area (Å²) in [6.45, 7) is 7.93. The smallest absolute Gasteiger partial charge is 0.188 e. The average Bonchev–Trinajstić information content (AvgIpc) is 2.80. The third-order valence-electron chi connectivity index (χ3n) is 2.93. The highest BCUT2D eigenvalue weighted by Crippen LogP contribution is 2.13. The fourth-order valence-corrected chi connectivity index (χ4v) is 2.87. The minimum Gasteiger partial charge on any atom is -0.381 e. The minimum absolute atomic E-state index is 0.701. The van der Waals surface area contributed by atoms with Crippen LogP contribution in [0.1, 0.15) is 17.8 Å². The summed E-state index contributed by atoms with van der Waals surface area (Å²) in [6.07, 6.45) is 1.19. The van der Waals surface area contributed by atoms with Crippen molar-refractivity contribution in [2.75, 3.05) is 32.1 Å². The van der Waals surface area contributed by atoms with Gasteiger partial charge in [0.1, 0.15) is 0 Å². The lowest BCUT2D eigenvalue weighted by molar-refractivity contribution is 0.185. The normalized spacial score (nSPS) is 19.3. The van der Waals surface area contributed by atoms with Crippen LogP contribution in [0.2, 0.25) is 0 Å². The summed E-state index contributed by atoms with van der Waals surface area (Å²) in [6, 6.07) is 2.00. The van der Waals surface area contributed by atoms with E-state index in [2.05, 4.69) is 15.3 Å². The molecule has 0 radical (unpaired) electrons. The van der Waals surface area contributed by atoms with Gasteiger partial charge in [-0.2, -0.15) is 0 Å². The number of nitrogens with zero attached hydrogens (tertiary/aromatic N) is 2. The van der Waals surface area contributed by atoms with Crippen LogP contribution in [-0.4, -0.2) is 42.0 Å². The fraction of sp³-hybridized carbons (Fsp3) is 0.692. The lowest BCUT2D eigenvalue weighted by Gasteiger charge is -2.08. The molecule has 0 spiro atoms. The van der Waals surface area contributed by atoms with Crippen LogP contribution in [0.5, 0.6) is 0 Å². The van der Waals surface area contributed by atoms with Crippen LogP contribution in [0.25, 0.3) is 0 Å². The van der Waals surface area contributed by atoms with Crippen molar-refractivity contribution in [3.05, 3.63) is 17.5 Å². The van der Waals surface area contributed by atoms with E-state index in [0.29, 0.717) is 5.92 Å². The lowest BCUT2D eigenvalue weighted by Crippen LogP contribution is -2.25. The van der Waals surface area contributed by atoms with Gasteiger partial charge in [0.05, 0.1) is 6.61 Å². The minimum atomic E-state index is 0.701. The summed E-state index contributed by atoms with van der Waals surface area (Å²) >= 11 is 1.72. The maximum atomic E-state index is 5.34. The Balaban J connectivity index is 1.62. The summed E-state index contributed by atoms with van der Waals surface area (Å²) in [5.74, 6) is 1.71. The second kappa shape index (κ2) is 7.07. The van der Waals surface area contributed by atoms with Crippen molar-refractivity contribution in [2.45, 2.75) is 25.4 Å². The molecule has 18 heavy (non-hydrogen) atoms. The SMILES string of the molecule is Cc1cc(C)nc(SCCNCC2CCOC2)n1. The summed E-state index contributed by atoms with van der Waals surface area (Å²) in [5, 5.41) is 4.36. The number of hydrogen-bond donors (Lipinski definition) is 1. The van der Waals surface area contributed by atoms with Gasteiger partial charge in [0, 0.05) is 36.8 Å². The van der Waals surface area contributed by atoms with Crippen molar-refractivity contribution in [1.29, 1.82) is 0 Å². The van der Waals surface area contributed by atoms with Gasteiger partial charge < -0.3 is 10.1 Å². The van der Waals surface area contributed by atoms with E-state index in [1.165, 1.54) is 6.42 Å². The monoisotopic (exact) mass is 267 g/mol. The van der Waals surface area contributed by atoms with Gasteiger partial charge in [0.2, 0.25) is 0 Å². The maximum absolute atomic E-state index is 5.34. The molecule has 5 heteroatoms. The molecule has 1 saturated heterocycles. The van der Waals surface area contributed by atoms with E-state index in [1.807, 2.05) is 19.9 Å². The molecule has 2 heterocycles. The van der Waals surface area contributed by atoms with E-state index >= 15 is 0 Å². The summed E-state index contributed by atoms with van der Waals surface area (Å²) < 4.78 is 5.34. The average molecular weight is 267 g/mol. The molecule has 0 saturated carbocycles. The molecule has 1 unspecified atom stereocenters.